The van der Waals surface area contributed by atoms with E-state index in [1.54, 1.807) is 13.1 Å². The lowest BCUT2D eigenvalue weighted by molar-refractivity contribution is 0.600. The van der Waals surface area contributed by atoms with Gasteiger partial charge in [0.25, 0.3) is 10.0 Å². The Kier molecular flexibility index (Phi) is 3.17. The standard InChI is InChI=1S/C9H12N6O2S/c1-15-8(4-6-12-15)14-18(16,17)7-3-2-5-11-9(7)13-10/h2-6,14H,10H2,1H3,(H,11,13). The number of rotatable bonds is 4. The van der Waals surface area contributed by atoms with E-state index >= 15 is 0 Å². The summed E-state index contributed by atoms with van der Waals surface area (Å²) in [5, 5.41) is 3.87. The molecule has 0 saturated carbocycles. The number of nitrogen functional groups attached to an aromatic ring is 1. The van der Waals surface area contributed by atoms with Gasteiger partial charge in [0.05, 0.1) is 6.20 Å². The van der Waals surface area contributed by atoms with E-state index in [9.17, 15) is 8.42 Å². The fourth-order valence-electron chi connectivity index (χ4n) is 1.38. The summed E-state index contributed by atoms with van der Waals surface area (Å²) >= 11 is 0. The SMILES string of the molecule is Cn1nccc1NS(=O)(=O)c1cccnc1NN. The third-order valence-corrected chi connectivity index (χ3v) is 3.64. The Bertz CT molecular complexity index is 651. The predicted octanol–water partition coefficient (Wildman–Crippen LogP) is -0.0985. The minimum atomic E-state index is -3.76. The van der Waals surface area contributed by atoms with Crippen molar-refractivity contribution < 1.29 is 8.42 Å². The largest absolute Gasteiger partial charge is 0.307 e. The number of aryl methyl sites for hydroxylation is 1. The lowest BCUT2D eigenvalue weighted by atomic mass is 10.5. The molecule has 0 radical (unpaired) electrons. The van der Waals surface area contributed by atoms with Crippen molar-refractivity contribution in [3.8, 4) is 0 Å². The third kappa shape index (κ3) is 2.26. The zero-order valence-corrected chi connectivity index (χ0v) is 10.3. The average Bonchev–Trinajstić information content (AvgIpc) is 2.74. The number of nitrogens with two attached hydrogens (primary N) is 1. The number of nitrogens with zero attached hydrogens (tertiary/aromatic N) is 3. The molecule has 9 heteroatoms. The molecular formula is C9H12N6O2S. The minimum Gasteiger partial charge on any atom is -0.307 e. The first-order valence-corrected chi connectivity index (χ1v) is 6.45. The molecule has 96 valence electrons. The number of hydrogen-bond donors (Lipinski definition) is 3. The number of sulfonamides is 1. The molecule has 4 N–H and O–H groups in total. The second-order valence-corrected chi connectivity index (χ2v) is 5.09. The molecule has 0 aliphatic heterocycles. The van der Waals surface area contributed by atoms with Crippen LogP contribution in [-0.2, 0) is 17.1 Å². The van der Waals surface area contributed by atoms with Gasteiger partial charge in [0, 0.05) is 19.3 Å². The third-order valence-electron chi connectivity index (χ3n) is 2.26. The summed E-state index contributed by atoms with van der Waals surface area (Å²) in [5.74, 6) is 5.65. The van der Waals surface area contributed by atoms with Crippen LogP contribution in [0, 0.1) is 0 Å². The normalized spacial score (nSPS) is 11.2. The van der Waals surface area contributed by atoms with E-state index in [-0.39, 0.29) is 10.7 Å². The average molecular weight is 268 g/mol. The van der Waals surface area contributed by atoms with Gasteiger partial charge in [-0.25, -0.2) is 19.2 Å². The molecule has 0 unspecified atom stereocenters. The van der Waals surface area contributed by atoms with Crippen LogP contribution in [0.2, 0.25) is 0 Å². The van der Waals surface area contributed by atoms with Crippen molar-refractivity contribution in [1.82, 2.24) is 14.8 Å². The Morgan fingerprint density at radius 1 is 1.33 bits per heavy atom. The number of nitrogens with one attached hydrogen (secondary N) is 2. The topological polar surface area (TPSA) is 115 Å². The number of hydrazine groups is 1. The van der Waals surface area contributed by atoms with E-state index in [0.29, 0.717) is 5.82 Å². The molecule has 2 heterocycles. The molecule has 0 aliphatic carbocycles. The van der Waals surface area contributed by atoms with Crippen LogP contribution in [0.1, 0.15) is 0 Å². The summed E-state index contributed by atoms with van der Waals surface area (Å²) < 4.78 is 28.1. The van der Waals surface area contributed by atoms with Crippen LogP contribution in [0.4, 0.5) is 11.6 Å². The van der Waals surface area contributed by atoms with Gasteiger partial charge in [-0.05, 0) is 12.1 Å². The molecule has 0 fully saturated rings. The molecule has 2 aromatic rings. The van der Waals surface area contributed by atoms with Crippen LogP contribution in [0.15, 0.2) is 35.5 Å². The first-order chi connectivity index (χ1) is 8.54. The maximum atomic E-state index is 12.1. The van der Waals surface area contributed by atoms with E-state index in [4.69, 9.17) is 5.84 Å². The van der Waals surface area contributed by atoms with E-state index in [1.807, 2.05) is 0 Å². The van der Waals surface area contributed by atoms with E-state index in [1.165, 1.54) is 29.2 Å². The van der Waals surface area contributed by atoms with Gasteiger partial charge in [-0.1, -0.05) is 0 Å². The van der Waals surface area contributed by atoms with Crippen molar-refractivity contribution >= 4 is 21.7 Å². The smallest absolute Gasteiger partial charge is 0.266 e. The maximum Gasteiger partial charge on any atom is 0.266 e. The molecule has 0 atom stereocenters. The lowest BCUT2D eigenvalue weighted by Crippen LogP contribution is -2.19. The second-order valence-electron chi connectivity index (χ2n) is 3.44. The van der Waals surface area contributed by atoms with E-state index in [2.05, 4.69) is 20.2 Å². The molecule has 2 rings (SSSR count). The molecule has 0 spiro atoms. The van der Waals surface area contributed by atoms with Gasteiger partial charge in [0.15, 0.2) is 5.82 Å². The first-order valence-electron chi connectivity index (χ1n) is 4.97. The van der Waals surface area contributed by atoms with Gasteiger partial charge in [-0.2, -0.15) is 5.10 Å². The van der Waals surface area contributed by atoms with Gasteiger partial charge in [-0.3, -0.25) is 9.40 Å². The van der Waals surface area contributed by atoms with Crippen LogP contribution >= 0.6 is 0 Å². The summed E-state index contributed by atoms with van der Waals surface area (Å²) in [5.41, 5.74) is 2.24. The zero-order valence-electron chi connectivity index (χ0n) is 9.53. The molecule has 0 aliphatic rings. The first kappa shape index (κ1) is 12.3. The molecule has 0 aromatic carbocycles. The number of pyridine rings is 1. The monoisotopic (exact) mass is 268 g/mol. The summed E-state index contributed by atoms with van der Waals surface area (Å²) in [6, 6.07) is 4.46. The van der Waals surface area contributed by atoms with Gasteiger partial charge < -0.3 is 5.43 Å². The quantitative estimate of drug-likeness (QED) is 0.527. The predicted molar refractivity (Wildman–Crippen MR) is 66.1 cm³/mol. The van der Waals surface area contributed by atoms with Crippen molar-refractivity contribution in [3.05, 3.63) is 30.6 Å². The van der Waals surface area contributed by atoms with Crippen molar-refractivity contribution in [2.45, 2.75) is 4.90 Å². The lowest BCUT2D eigenvalue weighted by Gasteiger charge is -2.10. The Labute approximate surface area is 104 Å². The van der Waals surface area contributed by atoms with Gasteiger partial charge >= 0.3 is 0 Å². The van der Waals surface area contributed by atoms with Crippen molar-refractivity contribution in [1.29, 1.82) is 0 Å². The molecule has 8 nitrogen and oxygen atoms in total. The number of aromatic nitrogens is 3. The Morgan fingerprint density at radius 3 is 2.72 bits per heavy atom. The van der Waals surface area contributed by atoms with Gasteiger partial charge in [0.2, 0.25) is 0 Å². The van der Waals surface area contributed by atoms with E-state index in [0.717, 1.165) is 0 Å². The maximum absolute atomic E-state index is 12.1. The van der Waals surface area contributed by atoms with Crippen LogP contribution in [0.25, 0.3) is 0 Å². The molecule has 2 aromatic heterocycles. The Balaban J connectivity index is 2.40. The molecular weight excluding hydrogens is 256 g/mol. The molecule has 18 heavy (non-hydrogen) atoms. The van der Waals surface area contributed by atoms with Crippen LogP contribution in [0.5, 0.6) is 0 Å². The second kappa shape index (κ2) is 4.63. The fraction of sp³-hybridized carbons (Fsp3) is 0.111. The van der Waals surface area contributed by atoms with Crippen LogP contribution in [0.3, 0.4) is 0 Å². The number of anilines is 2. The highest BCUT2D eigenvalue weighted by Gasteiger charge is 2.20. The number of hydrogen-bond acceptors (Lipinski definition) is 6. The Morgan fingerprint density at radius 2 is 2.11 bits per heavy atom. The molecule has 0 amide bonds. The summed E-state index contributed by atoms with van der Waals surface area (Å²) in [7, 11) is -2.14. The highest BCUT2D eigenvalue weighted by atomic mass is 32.2. The van der Waals surface area contributed by atoms with Crippen molar-refractivity contribution in [2.24, 2.45) is 12.9 Å². The highest BCUT2D eigenvalue weighted by molar-refractivity contribution is 7.92. The van der Waals surface area contributed by atoms with E-state index < -0.39 is 10.0 Å². The minimum absolute atomic E-state index is 0.0336. The van der Waals surface area contributed by atoms with Gasteiger partial charge in [-0.15, -0.1) is 0 Å². The van der Waals surface area contributed by atoms with Gasteiger partial charge in [0.1, 0.15) is 10.7 Å². The van der Waals surface area contributed by atoms with Crippen LogP contribution < -0.4 is 16.0 Å². The zero-order chi connectivity index (χ0) is 13.2. The molecule has 0 bridgehead atoms. The fourth-order valence-corrected chi connectivity index (χ4v) is 2.59. The summed E-state index contributed by atoms with van der Waals surface area (Å²) in [6.45, 7) is 0. The Hall–Kier alpha value is -2.13. The van der Waals surface area contributed by atoms with Crippen LogP contribution in [-0.4, -0.2) is 23.2 Å². The highest BCUT2D eigenvalue weighted by Crippen LogP contribution is 2.20. The van der Waals surface area contributed by atoms with Crippen molar-refractivity contribution in [2.75, 3.05) is 10.1 Å². The summed E-state index contributed by atoms with van der Waals surface area (Å²) in [4.78, 5) is 3.80. The molecule has 0 saturated heterocycles. The van der Waals surface area contributed by atoms with Crippen molar-refractivity contribution in [3.63, 3.8) is 0 Å². The summed E-state index contributed by atoms with van der Waals surface area (Å²) in [6.07, 6.45) is 2.93.